The maximum absolute atomic E-state index is 13.7. The summed E-state index contributed by atoms with van der Waals surface area (Å²) < 4.78 is 26.9. The zero-order valence-electron chi connectivity index (χ0n) is 13.6. The first-order valence-electron chi connectivity index (χ1n) is 7.98. The van der Waals surface area contributed by atoms with Crippen LogP contribution in [0.2, 0.25) is 0 Å². The Labute approximate surface area is 139 Å². The van der Waals surface area contributed by atoms with E-state index in [0.717, 1.165) is 19.0 Å². The highest BCUT2D eigenvalue weighted by atomic mass is 19.2. The molecule has 0 unspecified atom stereocenters. The molecule has 0 saturated carbocycles. The molecule has 0 spiro atoms. The third kappa shape index (κ3) is 3.17. The number of benzene rings is 1. The lowest BCUT2D eigenvalue weighted by molar-refractivity contribution is 0.0914. The molecular formula is C17H20F2N4O. The van der Waals surface area contributed by atoms with Gasteiger partial charge in [-0.1, -0.05) is 6.07 Å². The van der Waals surface area contributed by atoms with Gasteiger partial charge in [-0.05, 0) is 44.0 Å². The smallest absolute Gasteiger partial charge is 0.269 e. The minimum atomic E-state index is -0.873. The first kappa shape index (κ1) is 16.6. The number of H-pyrrole nitrogens is 1. The van der Waals surface area contributed by atoms with E-state index in [9.17, 15) is 13.6 Å². The van der Waals surface area contributed by atoms with Crippen molar-refractivity contribution in [2.75, 3.05) is 6.54 Å². The van der Waals surface area contributed by atoms with Gasteiger partial charge in [-0.2, -0.15) is 5.10 Å². The summed E-state index contributed by atoms with van der Waals surface area (Å²) >= 11 is 0. The zero-order valence-corrected chi connectivity index (χ0v) is 13.6. The van der Waals surface area contributed by atoms with Crippen LogP contribution < -0.4 is 5.32 Å². The maximum atomic E-state index is 13.7. The minimum Gasteiger partial charge on any atom is -0.346 e. The quantitative estimate of drug-likeness (QED) is 0.904. The minimum absolute atomic E-state index is 0.187. The highest BCUT2D eigenvalue weighted by Crippen LogP contribution is 2.34. The molecule has 2 heterocycles. The van der Waals surface area contributed by atoms with E-state index < -0.39 is 11.6 Å². The fourth-order valence-corrected chi connectivity index (χ4v) is 3.30. The Kier molecular flexibility index (Phi) is 4.62. The number of hydrogen-bond acceptors (Lipinski definition) is 3. The molecular weight excluding hydrogens is 314 g/mol. The lowest BCUT2D eigenvalue weighted by Gasteiger charge is -2.32. The number of likely N-dealkylation sites (tertiary alicyclic amines) is 1. The summed E-state index contributed by atoms with van der Waals surface area (Å²) in [6.45, 7) is 4.87. The number of rotatable bonds is 4. The SMILES string of the molecule is CC(C)N1CC[C@@H](NC(=O)c2ccn[nH]2)[C@@H]1c1ccc(F)c(F)c1. The fraction of sp³-hybridized carbons (Fsp3) is 0.412. The van der Waals surface area contributed by atoms with Crippen molar-refractivity contribution in [1.82, 2.24) is 20.4 Å². The Hall–Kier alpha value is -2.28. The van der Waals surface area contributed by atoms with E-state index in [2.05, 4.69) is 20.4 Å². The number of aromatic nitrogens is 2. The first-order valence-corrected chi connectivity index (χ1v) is 7.98. The molecule has 2 N–H and O–H groups in total. The number of carbonyl (C=O) groups is 1. The molecule has 5 nitrogen and oxygen atoms in total. The normalized spacial score (nSPS) is 21.4. The molecule has 24 heavy (non-hydrogen) atoms. The average Bonchev–Trinajstić information content (AvgIpc) is 3.19. The zero-order chi connectivity index (χ0) is 17.3. The van der Waals surface area contributed by atoms with Gasteiger partial charge in [-0.15, -0.1) is 0 Å². The van der Waals surface area contributed by atoms with E-state index in [1.807, 2.05) is 13.8 Å². The van der Waals surface area contributed by atoms with Gasteiger partial charge < -0.3 is 5.32 Å². The molecule has 3 rings (SSSR count). The second-order valence-corrected chi connectivity index (χ2v) is 6.29. The highest BCUT2D eigenvalue weighted by Gasteiger charge is 2.38. The summed E-state index contributed by atoms with van der Waals surface area (Å²) in [5.74, 6) is -2.00. The van der Waals surface area contributed by atoms with Gasteiger partial charge in [0.2, 0.25) is 0 Å². The summed E-state index contributed by atoms with van der Waals surface area (Å²) in [6.07, 6.45) is 2.25. The van der Waals surface area contributed by atoms with Crippen LogP contribution >= 0.6 is 0 Å². The van der Waals surface area contributed by atoms with Crippen LogP contribution in [0.25, 0.3) is 0 Å². The van der Waals surface area contributed by atoms with E-state index in [-0.39, 0.29) is 24.0 Å². The van der Waals surface area contributed by atoms with Crippen LogP contribution in [0.5, 0.6) is 0 Å². The summed E-state index contributed by atoms with van der Waals surface area (Å²) in [6, 6.07) is 5.36. The number of halogens is 2. The van der Waals surface area contributed by atoms with E-state index in [0.29, 0.717) is 11.3 Å². The van der Waals surface area contributed by atoms with Gasteiger partial charge in [0, 0.05) is 18.8 Å². The molecule has 2 atom stereocenters. The number of carbonyl (C=O) groups excluding carboxylic acids is 1. The molecule has 1 aromatic heterocycles. The van der Waals surface area contributed by atoms with Crippen LogP contribution in [0.1, 0.15) is 42.4 Å². The van der Waals surface area contributed by atoms with Gasteiger partial charge in [0.25, 0.3) is 5.91 Å². The second-order valence-electron chi connectivity index (χ2n) is 6.29. The number of amides is 1. The first-order chi connectivity index (χ1) is 11.5. The van der Waals surface area contributed by atoms with Crippen LogP contribution in [0.15, 0.2) is 30.5 Å². The van der Waals surface area contributed by atoms with E-state index >= 15 is 0 Å². The number of hydrogen-bond donors (Lipinski definition) is 2. The molecule has 0 aliphatic carbocycles. The van der Waals surface area contributed by atoms with Crippen molar-refractivity contribution >= 4 is 5.91 Å². The molecule has 1 aliphatic heterocycles. The third-order valence-corrected chi connectivity index (χ3v) is 4.45. The van der Waals surface area contributed by atoms with Gasteiger partial charge in [0.15, 0.2) is 11.6 Å². The molecule has 1 aromatic carbocycles. The van der Waals surface area contributed by atoms with Crippen LogP contribution in [0, 0.1) is 11.6 Å². The number of aromatic amines is 1. The topological polar surface area (TPSA) is 61.0 Å². The van der Waals surface area contributed by atoms with Crippen molar-refractivity contribution in [3.05, 3.63) is 53.4 Å². The third-order valence-electron chi connectivity index (χ3n) is 4.45. The van der Waals surface area contributed by atoms with Crippen molar-refractivity contribution in [3.8, 4) is 0 Å². The Morgan fingerprint density at radius 2 is 2.12 bits per heavy atom. The number of nitrogens with zero attached hydrogens (tertiary/aromatic N) is 2. The lowest BCUT2D eigenvalue weighted by atomic mass is 9.99. The Morgan fingerprint density at radius 1 is 1.33 bits per heavy atom. The Balaban J connectivity index is 1.87. The van der Waals surface area contributed by atoms with Crippen molar-refractivity contribution in [2.24, 2.45) is 0 Å². The Bertz CT molecular complexity index is 717. The second kappa shape index (κ2) is 6.68. The molecule has 1 saturated heterocycles. The average molecular weight is 334 g/mol. The molecule has 0 radical (unpaired) electrons. The highest BCUT2D eigenvalue weighted by molar-refractivity contribution is 5.92. The molecule has 1 fully saturated rings. The summed E-state index contributed by atoms with van der Waals surface area (Å²) in [7, 11) is 0. The molecule has 0 bridgehead atoms. The van der Waals surface area contributed by atoms with Crippen molar-refractivity contribution in [3.63, 3.8) is 0 Å². The molecule has 1 amide bonds. The van der Waals surface area contributed by atoms with Crippen molar-refractivity contribution in [1.29, 1.82) is 0 Å². The summed E-state index contributed by atoms with van der Waals surface area (Å²) in [4.78, 5) is 14.5. The Morgan fingerprint density at radius 3 is 2.75 bits per heavy atom. The summed E-state index contributed by atoms with van der Waals surface area (Å²) in [5, 5.41) is 9.38. The van der Waals surface area contributed by atoms with Crippen LogP contribution in [0.4, 0.5) is 8.78 Å². The van der Waals surface area contributed by atoms with E-state index in [1.165, 1.54) is 12.3 Å². The standard InChI is InChI=1S/C17H20F2N4O/c1-10(2)23-8-6-14(21-17(24)15-5-7-20-22-15)16(23)11-3-4-12(18)13(19)9-11/h3-5,7,9-10,14,16H,6,8H2,1-2H3,(H,20,22)(H,21,24)/t14-,16+/m1/s1. The molecule has 2 aromatic rings. The largest absolute Gasteiger partial charge is 0.346 e. The maximum Gasteiger partial charge on any atom is 0.269 e. The molecule has 1 aliphatic rings. The van der Waals surface area contributed by atoms with Gasteiger partial charge >= 0.3 is 0 Å². The summed E-state index contributed by atoms with van der Waals surface area (Å²) in [5.41, 5.74) is 1.04. The van der Waals surface area contributed by atoms with Crippen LogP contribution in [-0.2, 0) is 0 Å². The van der Waals surface area contributed by atoms with Gasteiger partial charge in [-0.3, -0.25) is 14.8 Å². The van der Waals surface area contributed by atoms with Crippen molar-refractivity contribution < 1.29 is 13.6 Å². The van der Waals surface area contributed by atoms with Gasteiger partial charge in [0.05, 0.1) is 12.1 Å². The van der Waals surface area contributed by atoms with E-state index in [1.54, 1.807) is 12.1 Å². The van der Waals surface area contributed by atoms with E-state index in [4.69, 9.17) is 0 Å². The van der Waals surface area contributed by atoms with Crippen molar-refractivity contribution in [2.45, 2.75) is 38.4 Å². The van der Waals surface area contributed by atoms with Crippen LogP contribution in [0.3, 0.4) is 0 Å². The fourth-order valence-electron chi connectivity index (χ4n) is 3.30. The molecule has 7 heteroatoms. The monoisotopic (exact) mass is 334 g/mol. The van der Waals surface area contributed by atoms with Gasteiger partial charge in [0.1, 0.15) is 5.69 Å². The number of nitrogens with one attached hydrogen (secondary N) is 2. The predicted molar refractivity (Wildman–Crippen MR) is 85.4 cm³/mol. The predicted octanol–water partition coefficient (Wildman–Crippen LogP) is 2.64. The molecule has 128 valence electrons. The van der Waals surface area contributed by atoms with Crippen LogP contribution in [-0.4, -0.2) is 39.6 Å². The van der Waals surface area contributed by atoms with Gasteiger partial charge in [-0.25, -0.2) is 8.78 Å². The lowest BCUT2D eigenvalue weighted by Crippen LogP contribution is -2.41.